The second-order valence-electron chi connectivity index (χ2n) is 5.36. The predicted octanol–water partition coefficient (Wildman–Crippen LogP) is 1.79. The van der Waals surface area contributed by atoms with Crippen LogP contribution in [0.4, 0.5) is 14.5 Å². The third kappa shape index (κ3) is 3.59. The van der Waals surface area contributed by atoms with E-state index in [-0.39, 0.29) is 30.6 Å². The van der Waals surface area contributed by atoms with Crippen molar-refractivity contribution in [3.05, 3.63) is 29.8 Å². The SMILES string of the molecule is COC[C@@H](C)N1C[C@@H](C(=O)Nc2ccc(F)cc2F)CC1=O. The minimum absolute atomic E-state index is 0.0721. The molecule has 2 amide bonds. The van der Waals surface area contributed by atoms with Crippen LogP contribution in [0.1, 0.15) is 13.3 Å². The predicted molar refractivity (Wildman–Crippen MR) is 76.1 cm³/mol. The van der Waals surface area contributed by atoms with Crippen LogP contribution in [-0.2, 0) is 14.3 Å². The second-order valence-corrected chi connectivity index (χ2v) is 5.36. The van der Waals surface area contributed by atoms with E-state index in [2.05, 4.69) is 5.32 Å². The average molecular weight is 312 g/mol. The van der Waals surface area contributed by atoms with Gasteiger partial charge in [0, 0.05) is 26.1 Å². The van der Waals surface area contributed by atoms with Crippen molar-refractivity contribution in [2.24, 2.45) is 5.92 Å². The molecule has 2 atom stereocenters. The average Bonchev–Trinajstić information content (AvgIpc) is 2.84. The summed E-state index contributed by atoms with van der Waals surface area (Å²) in [6.45, 7) is 2.48. The lowest BCUT2D eigenvalue weighted by molar-refractivity contribution is -0.130. The summed E-state index contributed by atoms with van der Waals surface area (Å²) >= 11 is 0. The van der Waals surface area contributed by atoms with Gasteiger partial charge in [-0.05, 0) is 19.1 Å². The Balaban J connectivity index is 2.00. The molecule has 1 aromatic rings. The fourth-order valence-electron chi connectivity index (χ4n) is 2.49. The van der Waals surface area contributed by atoms with E-state index in [1.807, 2.05) is 6.92 Å². The summed E-state index contributed by atoms with van der Waals surface area (Å²) in [6.07, 6.45) is 0.0721. The molecule has 0 bridgehead atoms. The van der Waals surface area contributed by atoms with Crippen LogP contribution < -0.4 is 5.32 Å². The quantitative estimate of drug-likeness (QED) is 0.902. The minimum Gasteiger partial charge on any atom is -0.383 e. The zero-order valence-corrected chi connectivity index (χ0v) is 12.4. The van der Waals surface area contributed by atoms with E-state index >= 15 is 0 Å². The van der Waals surface area contributed by atoms with E-state index in [0.29, 0.717) is 12.7 Å². The first-order chi connectivity index (χ1) is 10.4. The number of likely N-dealkylation sites (tertiary alicyclic amines) is 1. The Kier molecular flexibility index (Phi) is 5.07. The van der Waals surface area contributed by atoms with Gasteiger partial charge in [0.1, 0.15) is 11.6 Å². The van der Waals surface area contributed by atoms with Crippen molar-refractivity contribution in [1.82, 2.24) is 4.90 Å². The summed E-state index contributed by atoms with van der Waals surface area (Å²) in [4.78, 5) is 25.7. The Labute approximate surface area is 127 Å². The van der Waals surface area contributed by atoms with Crippen LogP contribution >= 0.6 is 0 Å². The molecule has 0 spiro atoms. The highest BCUT2D eigenvalue weighted by Gasteiger charge is 2.36. The molecule has 1 fully saturated rings. The van der Waals surface area contributed by atoms with Crippen LogP contribution in [0.5, 0.6) is 0 Å². The zero-order valence-electron chi connectivity index (χ0n) is 12.4. The van der Waals surface area contributed by atoms with Gasteiger partial charge in [0.2, 0.25) is 11.8 Å². The fraction of sp³-hybridized carbons (Fsp3) is 0.467. The maximum atomic E-state index is 13.5. The summed E-state index contributed by atoms with van der Waals surface area (Å²) in [5.74, 6) is -2.71. The van der Waals surface area contributed by atoms with Gasteiger partial charge < -0.3 is 15.0 Å². The summed E-state index contributed by atoms with van der Waals surface area (Å²) in [5.41, 5.74) is -0.0951. The van der Waals surface area contributed by atoms with Gasteiger partial charge in [-0.1, -0.05) is 0 Å². The van der Waals surface area contributed by atoms with Gasteiger partial charge >= 0.3 is 0 Å². The molecule has 1 N–H and O–H groups in total. The molecular weight excluding hydrogens is 294 g/mol. The highest BCUT2D eigenvalue weighted by atomic mass is 19.1. The first-order valence-corrected chi connectivity index (χ1v) is 6.96. The highest BCUT2D eigenvalue weighted by molar-refractivity contribution is 5.97. The van der Waals surface area contributed by atoms with E-state index in [4.69, 9.17) is 4.74 Å². The number of benzene rings is 1. The number of methoxy groups -OCH3 is 1. The third-order valence-electron chi connectivity index (χ3n) is 3.66. The molecule has 0 aromatic heterocycles. The Morgan fingerprint density at radius 2 is 2.23 bits per heavy atom. The molecule has 0 radical (unpaired) electrons. The van der Waals surface area contributed by atoms with Crippen molar-refractivity contribution in [2.75, 3.05) is 25.6 Å². The van der Waals surface area contributed by atoms with Gasteiger partial charge in [0.25, 0.3) is 0 Å². The van der Waals surface area contributed by atoms with E-state index in [1.165, 1.54) is 0 Å². The van der Waals surface area contributed by atoms with Gasteiger partial charge in [-0.25, -0.2) is 8.78 Å². The van der Waals surface area contributed by atoms with E-state index in [1.54, 1.807) is 12.0 Å². The molecule has 2 rings (SSSR count). The van der Waals surface area contributed by atoms with Crippen LogP contribution in [0, 0.1) is 17.6 Å². The number of carbonyl (C=O) groups is 2. The zero-order chi connectivity index (χ0) is 16.3. The van der Waals surface area contributed by atoms with Crippen molar-refractivity contribution in [3.8, 4) is 0 Å². The van der Waals surface area contributed by atoms with Gasteiger partial charge in [-0.2, -0.15) is 0 Å². The maximum Gasteiger partial charge on any atom is 0.229 e. The number of hydrogen-bond donors (Lipinski definition) is 1. The minimum atomic E-state index is -0.845. The fourth-order valence-corrected chi connectivity index (χ4v) is 2.49. The Hall–Kier alpha value is -2.02. The number of nitrogens with one attached hydrogen (secondary N) is 1. The van der Waals surface area contributed by atoms with Gasteiger partial charge in [-0.15, -0.1) is 0 Å². The molecule has 1 aliphatic heterocycles. The van der Waals surface area contributed by atoms with Crippen LogP contribution in [0.3, 0.4) is 0 Å². The van der Waals surface area contributed by atoms with Gasteiger partial charge in [-0.3, -0.25) is 9.59 Å². The monoisotopic (exact) mass is 312 g/mol. The van der Waals surface area contributed by atoms with Gasteiger partial charge in [0.05, 0.1) is 24.3 Å². The number of anilines is 1. The molecule has 1 heterocycles. The van der Waals surface area contributed by atoms with Crippen molar-refractivity contribution >= 4 is 17.5 Å². The molecule has 0 aliphatic carbocycles. The van der Waals surface area contributed by atoms with Crippen LogP contribution in [0.15, 0.2) is 18.2 Å². The first kappa shape index (κ1) is 16.4. The van der Waals surface area contributed by atoms with E-state index in [0.717, 1.165) is 12.1 Å². The van der Waals surface area contributed by atoms with Crippen LogP contribution in [-0.4, -0.2) is 43.0 Å². The summed E-state index contributed by atoms with van der Waals surface area (Å²) in [7, 11) is 1.54. The third-order valence-corrected chi connectivity index (χ3v) is 3.66. The topological polar surface area (TPSA) is 58.6 Å². The molecule has 22 heavy (non-hydrogen) atoms. The number of nitrogens with zero attached hydrogens (tertiary/aromatic N) is 1. The van der Waals surface area contributed by atoms with Gasteiger partial charge in [0.15, 0.2) is 0 Å². The van der Waals surface area contributed by atoms with Crippen molar-refractivity contribution in [3.63, 3.8) is 0 Å². The second kappa shape index (κ2) is 6.83. The van der Waals surface area contributed by atoms with E-state index in [9.17, 15) is 18.4 Å². The molecule has 5 nitrogen and oxygen atoms in total. The van der Waals surface area contributed by atoms with Crippen molar-refractivity contribution in [2.45, 2.75) is 19.4 Å². The molecule has 120 valence electrons. The number of amides is 2. The molecule has 1 aliphatic rings. The van der Waals surface area contributed by atoms with Crippen molar-refractivity contribution < 1.29 is 23.1 Å². The normalized spacial score (nSPS) is 19.4. The lowest BCUT2D eigenvalue weighted by Gasteiger charge is -2.23. The lowest BCUT2D eigenvalue weighted by atomic mass is 10.1. The Morgan fingerprint density at radius 1 is 1.50 bits per heavy atom. The summed E-state index contributed by atoms with van der Waals surface area (Å²) in [5, 5.41) is 2.40. The molecule has 0 unspecified atom stereocenters. The summed E-state index contributed by atoms with van der Waals surface area (Å²) in [6, 6.07) is 2.79. The molecule has 1 saturated heterocycles. The van der Waals surface area contributed by atoms with Crippen LogP contribution in [0.25, 0.3) is 0 Å². The summed E-state index contributed by atoms with van der Waals surface area (Å²) < 4.78 is 31.4. The molecular formula is C15H18F2N2O3. The number of hydrogen-bond acceptors (Lipinski definition) is 3. The van der Waals surface area contributed by atoms with E-state index < -0.39 is 23.5 Å². The molecule has 0 saturated carbocycles. The molecule has 7 heteroatoms. The standard InChI is InChI=1S/C15H18F2N2O3/c1-9(8-22-2)19-7-10(5-14(19)20)15(21)18-13-4-3-11(16)6-12(13)17/h3-4,6,9-10H,5,7-8H2,1-2H3,(H,18,21)/t9-,10+/m1/s1. The largest absolute Gasteiger partial charge is 0.383 e. The lowest BCUT2D eigenvalue weighted by Crippen LogP contribution is -2.38. The Morgan fingerprint density at radius 3 is 2.86 bits per heavy atom. The number of rotatable bonds is 5. The maximum absolute atomic E-state index is 13.5. The number of ether oxygens (including phenoxy) is 1. The first-order valence-electron chi connectivity index (χ1n) is 6.96. The highest BCUT2D eigenvalue weighted by Crippen LogP contribution is 2.23. The van der Waals surface area contributed by atoms with Crippen LogP contribution in [0.2, 0.25) is 0 Å². The van der Waals surface area contributed by atoms with Crippen molar-refractivity contribution in [1.29, 1.82) is 0 Å². The molecule has 1 aromatic carbocycles. The number of carbonyl (C=O) groups excluding carboxylic acids is 2. The number of halogens is 2. The smallest absolute Gasteiger partial charge is 0.229 e. The Bertz CT molecular complexity index is 580.